The number of oxazole rings is 1. The fourth-order valence-electron chi connectivity index (χ4n) is 3.33. The number of hydrogen-bond donors (Lipinski definition) is 1. The van der Waals surface area contributed by atoms with E-state index in [1.165, 1.54) is 0 Å². The van der Waals surface area contributed by atoms with Gasteiger partial charge in [0, 0.05) is 16.8 Å². The second kappa shape index (κ2) is 7.48. The molecule has 4 nitrogen and oxygen atoms in total. The van der Waals surface area contributed by atoms with Crippen LogP contribution < -0.4 is 0 Å². The van der Waals surface area contributed by atoms with Crippen molar-refractivity contribution in [1.82, 2.24) is 4.98 Å². The molecule has 6 heteroatoms. The normalized spacial score (nSPS) is 11.7. The molecule has 5 rings (SSSR count). The SMILES string of the molecule is Oc1ccc2ccccc2c1C=Nc1ccc2oc(-c3ccc(Cl)cc3Cl)nc2c1. The number of benzene rings is 4. The number of aromatic nitrogens is 1. The van der Waals surface area contributed by atoms with Crippen molar-refractivity contribution >= 4 is 57.0 Å². The van der Waals surface area contributed by atoms with Gasteiger partial charge in [0.25, 0.3) is 0 Å². The Bertz CT molecular complexity index is 1440. The van der Waals surface area contributed by atoms with Crippen LogP contribution in [0.3, 0.4) is 0 Å². The number of aromatic hydroxyl groups is 1. The van der Waals surface area contributed by atoms with Gasteiger partial charge in [-0.15, -0.1) is 0 Å². The highest BCUT2D eigenvalue weighted by atomic mass is 35.5. The molecule has 1 aromatic heterocycles. The second-order valence-corrected chi connectivity index (χ2v) is 7.62. The molecule has 0 spiro atoms. The molecule has 0 amide bonds. The van der Waals surface area contributed by atoms with E-state index in [1.54, 1.807) is 30.5 Å². The number of nitrogens with zero attached hydrogens (tertiary/aromatic N) is 2. The summed E-state index contributed by atoms with van der Waals surface area (Å²) in [7, 11) is 0. The summed E-state index contributed by atoms with van der Waals surface area (Å²) in [6, 6.07) is 22.0. The second-order valence-electron chi connectivity index (χ2n) is 6.77. The topological polar surface area (TPSA) is 58.6 Å². The molecule has 1 heterocycles. The van der Waals surface area contributed by atoms with E-state index in [1.807, 2.05) is 48.5 Å². The molecular weight excluding hydrogens is 419 g/mol. The number of hydrogen-bond acceptors (Lipinski definition) is 4. The Morgan fingerprint density at radius 1 is 0.933 bits per heavy atom. The molecule has 30 heavy (non-hydrogen) atoms. The Morgan fingerprint density at radius 3 is 2.67 bits per heavy atom. The minimum Gasteiger partial charge on any atom is -0.507 e. The van der Waals surface area contributed by atoms with Crippen molar-refractivity contribution in [2.45, 2.75) is 0 Å². The lowest BCUT2D eigenvalue weighted by molar-refractivity contribution is 0.475. The van der Waals surface area contributed by atoms with Crippen LogP contribution in [0.1, 0.15) is 5.56 Å². The number of aliphatic imine (C=N–C) groups is 1. The van der Waals surface area contributed by atoms with Gasteiger partial charge in [-0.1, -0.05) is 53.5 Å². The molecule has 4 aromatic carbocycles. The highest BCUT2D eigenvalue weighted by Crippen LogP contribution is 2.33. The average Bonchev–Trinajstić information content (AvgIpc) is 3.16. The highest BCUT2D eigenvalue weighted by molar-refractivity contribution is 6.36. The van der Waals surface area contributed by atoms with Crippen molar-refractivity contribution < 1.29 is 9.52 Å². The van der Waals surface area contributed by atoms with Crippen LogP contribution in [0.15, 0.2) is 82.2 Å². The Morgan fingerprint density at radius 2 is 1.80 bits per heavy atom. The fourth-order valence-corrected chi connectivity index (χ4v) is 3.82. The average molecular weight is 433 g/mol. The molecule has 0 unspecified atom stereocenters. The van der Waals surface area contributed by atoms with Crippen LogP contribution in [0.4, 0.5) is 5.69 Å². The smallest absolute Gasteiger partial charge is 0.228 e. The third kappa shape index (κ3) is 3.41. The summed E-state index contributed by atoms with van der Waals surface area (Å²) in [5.74, 6) is 0.596. The van der Waals surface area contributed by atoms with Gasteiger partial charge in [0.2, 0.25) is 5.89 Å². The quantitative estimate of drug-likeness (QED) is 0.302. The van der Waals surface area contributed by atoms with Crippen molar-refractivity contribution in [3.8, 4) is 17.2 Å². The van der Waals surface area contributed by atoms with Crippen molar-refractivity contribution in [1.29, 1.82) is 0 Å². The molecule has 0 aliphatic rings. The molecule has 5 aromatic rings. The molecule has 0 aliphatic carbocycles. The van der Waals surface area contributed by atoms with E-state index in [0.29, 0.717) is 43.9 Å². The summed E-state index contributed by atoms with van der Waals surface area (Å²) in [6.45, 7) is 0. The zero-order valence-corrected chi connectivity index (χ0v) is 17.0. The molecule has 0 fully saturated rings. The largest absolute Gasteiger partial charge is 0.507 e. The predicted molar refractivity (Wildman–Crippen MR) is 122 cm³/mol. The lowest BCUT2D eigenvalue weighted by Crippen LogP contribution is -1.85. The van der Waals surface area contributed by atoms with Crippen LogP contribution >= 0.6 is 23.2 Å². The number of phenolic OH excluding ortho intramolecular Hbond substituents is 1. The number of phenols is 1. The lowest BCUT2D eigenvalue weighted by Gasteiger charge is -2.04. The van der Waals surface area contributed by atoms with E-state index in [4.69, 9.17) is 27.6 Å². The summed E-state index contributed by atoms with van der Waals surface area (Å²) in [5, 5.41) is 13.3. The summed E-state index contributed by atoms with van der Waals surface area (Å²) in [4.78, 5) is 9.08. The molecule has 0 bridgehead atoms. The monoisotopic (exact) mass is 432 g/mol. The van der Waals surface area contributed by atoms with E-state index < -0.39 is 0 Å². The first kappa shape index (κ1) is 18.7. The first-order chi connectivity index (χ1) is 14.6. The molecule has 1 N–H and O–H groups in total. The summed E-state index contributed by atoms with van der Waals surface area (Å²) in [5.41, 5.74) is 3.32. The van der Waals surface area contributed by atoms with Crippen LogP contribution in [0.25, 0.3) is 33.3 Å². The summed E-state index contributed by atoms with van der Waals surface area (Å²) in [6.07, 6.45) is 1.66. The zero-order valence-electron chi connectivity index (χ0n) is 15.5. The Kier molecular flexibility index (Phi) is 4.66. The first-order valence-electron chi connectivity index (χ1n) is 9.19. The van der Waals surface area contributed by atoms with E-state index in [-0.39, 0.29) is 5.75 Å². The van der Waals surface area contributed by atoms with Crippen LogP contribution in [0.5, 0.6) is 5.75 Å². The van der Waals surface area contributed by atoms with Crippen LogP contribution in [-0.4, -0.2) is 16.3 Å². The highest BCUT2D eigenvalue weighted by Gasteiger charge is 2.12. The maximum atomic E-state index is 10.3. The number of rotatable bonds is 3. The van der Waals surface area contributed by atoms with Crippen LogP contribution in [0, 0.1) is 0 Å². The van der Waals surface area contributed by atoms with Gasteiger partial charge >= 0.3 is 0 Å². The zero-order chi connectivity index (χ0) is 20.7. The Labute approximate surface area is 182 Å². The van der Waals surface area contributed by atoms with E-state index in [2.05, 4.69) is 9.98 Å². The molecule has 0 saturated carbocycles. The first-order valence-corrected chi connectivity index (χ1v) is 9.95. The molecule has 0 saturated heterocycles. The Hall–Kier alpha value is -3.34. The van der Waals surface area contributed by atoms with Crippen LogP contribution in [0.2, 0.25) is 10.0 Å². The van der Waals surface area contributed by atoms with Gasteiger partial charge in [-0.05, 0) is 53.2 Å². The summed E-state index contributed by atoms with van der Waals surface area (Å²) >= 11 is 12.2. The molecule has 146 valence electrons. The van der Waals surface area contributed by atoms with Crippen LogP contribution in [-0.2, 0) is 0 Å². The molecular formula is C24H14Cl2N2O2. The van der Waals surface area contributed by atoms with Gasteiger partial charge in [-0.25, -0.2) is 4.98 Å². The van der Waals surface area contributed by atoms with E-state index >= 15 is 0 Å². The van der Waals surface area contributed by atoms with Crippen molar-refractivity contribution in [2.24, 2.45) is 4.99 Å². The predicted octanol–water partition coefficient (Wildman–Crippen LogP) is 7.41. The maximum absolute atomic E-state index is 10.3. The van der Waals surface area contributed by atoms with Gasteiger partial charge < -0.3 is 9.52 Å². The number of halogens is 2. The summed E-state index contributed by atoms with van der Waals surface area (Å²) < 4.78 is 5.84. The minimum absolute atomic E-state index is 0.180. The third-order valence-corrected chi connectivity index (χ3v) is 5.37. The Balaban J connectivity index is 1.53. The van der Waals surface area contributed by atoms with Gasteiger partial charge in [-0.3, -0.25) is 4.99 Å². The third-order valence-electron chi connectivity index (χ3n) is 4.82. The molecule has 0 radical (unpaired) electrons. The van der Waals surface area contributed by atoms with Crippen molar-refractivity contribution in [3.63, 3.8) is 0 Å². The molecule has 0 atom stereocenters. The van der Waals surface area contributed by atoms with E-state index in [0.717, 1.165) is 10.8 Å². The van der Waals surface area contributed by atoms with Gasteiger partial charge in [0.1, 0.15) is 11.3 Å². The minimum atomic E-state index is 0.180. The van der Waals surface area contributed by atoms with Crippen molar-refractivity contribution in [3.05, 3.63) is 88.4 Å². The number of fused-ring (bicyclic) bond motifs is 2. The van der Waals surface area contributed by atoms with Gasteiger partial charge in [-0.2, -0.15) is 0 Å². The van der Waals surface area contributed by atoms with Gasteiger partial charge in [0.15, 0.2) is 5.58 Å². The fraction of sp³-hybridized carbons (Fsp3) is 0. The standard InChI is InChI=1S/C24H14Cl2N2O2/c25-15-6-8-18(20(26)11-15)24-28-21-12-16(7-10-23(21)30-24)27-13-19-17-4-2-1-3-14(17)5-9-22(19)29/h1-13,29H. The van der Waals surface area contributed by atoms with E-state index in [9.17, 15) is 5.11 Å². The maximum Gasteiger partial charge on any atom is 0.228 e. The molecule has 0 aliphatic heterocycles. The lowest BCUT2D eigenvalue weighted by atomic mass is 10.0. The van der Waals surface area contributed by atoms with Gasteiger partial charge in [0.05, 0.1) is 16.3 Å². The van der Waals surface area contributed by atoms with Crippen molar-refractivity contribution in [2.75, 3.05) is 0 Å².